The third-order valence-corrected chi connectivity index (χ3v) is 6.26. The molecule has 0 radical (unpaired) electrons. The summed E-state index contributed by atoms with van der Waals surface area (Å²) in [6, 6.07) is 0. The molecule has 112 valence electrons. The van der Waals surface area contributed by atoms with Gasteiger partial charge in [-0.15, -0.1) is 0 Å². The van der Waals surface area contributed by atoms with Crippen LogP contribution in [0.3, 0.4) is 0 Å². The summed E-state index contributed by atoms with van der Waals surface area (Å²) in [4.78, 5) is 0. The fraction of sp³-hybridized carbons (Fsp3) is 1.00. The maximum absolute atomic E-state index is 10.6. The molecule has 4 nitrogen and oxygen atoms in total. The Kier molecular flexibility index (Phi) is 6.79. The average molecular weight is 308 g/mol. The average Bonchev–Trinajstić information content (AvgIpc) is 2.45. The van der Waals surface area contributed by atoms with Crippen LogP contribution in [0.15, 0.2) is 0 Å². The van der Waals surface area contributed by atoms with Gasteiger partial charge in [-0.3, -0.25) is 0 Å². The zero-order valence-corrected chi connectivity index (χ0v) is 13.0. The first-order valence-corrected chi connectivity index (χ1v) is 9.17. The fourth-order valence-electron chi connectivity index (χ4n) is 2.81. The molecule has 2 fully saturated rings. The Balaban J connectivity index is 1.95. The van der Waals surface area contributed by atoms with Crippen molar-refractivity contribution in [2.45, 2.75) is 31.2 Å². The molecule has 2 N–H and O–H groups in total. The van der Waals surface area contributed by atoms with Crippen LogP contribution in [0.5, 0.6) is 0 Å². The van der Waals surface area contributed by atoms with E-state index in [0.717, 1.165) is 35.9 Å². The lowest BCUT2D eigenvalue weighted by atomic mass is 9.84. The highest BCUT2D eigenvalue weighted by Crippen LogP contribution is 2.35. The van der Waals surface area contributed by atoms with Gasteiger partial charge >= 0.3 is 0 Å². The van der Waals surface area contributed by atoms with Crippen molar-refractivity contribution in [2.75, 3.05) is 36.9 Å². The minimum absolute atomic E-state index is 0.0175. The van der Waals surface area contributed by atoms with E-state index in [2.05, 4.69) is 0 Å². The van der Waals surface area contributed by atoms with Crippen LogP contribution in [0.2, 0.25) is 0 Å². The van der Waals surface area contributed by atoms with Crippen molar-refractivity contribution in [2.24, 2.45) is 11.8 Å². The molecule has 0 spiro atoms. The molecule has 0 bridgehead atoms. The molecule has 0 aromatic rings. The van der Waals surface area contributed by atoms with Crippen molar-refractivity contribution >= 4 is 23.5 Å². The molecule has 2 heterocycles. The van der Waals surface area contributed by atoms with E-state index in [1.807, 2.05) is 23.5 Å². The minimum atomic E-state index is -0.475. The molecule has 2 aliphatic heterocycles. The maximum atomic E-state index is 10.6. The second-order valence-corrected chi connectivity index (χ2v) is 7.52. The molecule has 2 saturated heterocycles. The quantitative estimate of drug-likeness (QED) is 0.745. The SMILES string of the molecule is COCO[C@@H]1CCSC[C@@H]1[C@@H](O)[C@@H]1CSCC[C@H]1O. The first-order valence-electron chi connectivity index (χ1n) is 6.86. The normalized spacial score (nSPS) is 38.1. The summed E-state index contributed by atoms with van der Waals surface area (Å²) in [5.74, 6) is 3.90. The van der Waals surface area contributed by atoms with Gasteiger partial charge in [0, 0.05) is 30.5 Å². The lowest BCUT2D eigenvalue weighted by Crippen LogP contribution is -2.47. The van der Waals surface area contributed by atoms with Crippen LogP contribution in [-0.2, 0) is 9.47 Å². The van der Waals surface area contributed by atoms with E-state index in [4.69, 9.17) is 9.47 Å². The van der Waals surface area contributed by atoms with Gasteiger partial charge in [0.05, 0.1) is 18.3 Å². The number of rotatable bonds is 5. The second kappa shape index (κ2) is 8.10. The third kappa shape index (κ3) is 4.25. The number of ether oxygens (including phenoxy) is 2. The summed E-state index contributed by atoms with van der Waals surface area (Å²) in [5.41, 5.74) is 0. The van der Waals surface area contributed by atoms with Crippen molar-refractivity contribution in [3.63, 3.8) is 0 Å². The highest BCUT2D eigenvalue weighted by molar-refractivity contribution is 7.99. The Morgan fingerprint density at radius 2 is 1.84 bits per heavy atom. The Labute approximate surface area is 123 Å². The van der Waals surface area contributed by atoms with Crippen LogP contribution in [-0.4, -0.2) is 65.4 Å². The van der Waals surface area contributed by atoms with Gasteiger partial charge in [0.25, 0.3) is 0 Å². The Morgan fingerprint density at radius 1 is 1.16 bits per heavy atom. The summed E-state index contributed by atoms with van der Waals surface area (Å²) in [6.07, 6.45) is 0.945. The summed E-state index contributed by atoms with van der Waals surface area (Å²) in [5, 5.41) is 20.7. The van der Waals surface area contributed by atoms with Crippen LogP contribution in [0.4, 0.5) is 0 Å². The van der Waals surface area contributed by atoms with Crippen molar-refractivity contribution in [1.82, 2.24) is 0 Å². The molecule has 0 amide bonds. The fourth-order valence-corrected chi connectivity index (χ4v) is 5.33. The molecule has 0 aliphatic carbocycles. The molecular formula is C13H24O4S2. The van der Waals surface area contributed by atoms with E-state index < -0.39 is 6.10 Å². The smallest absolute Gasteiger partial charge is 0.146 e. The summed E-state index contributed by atoms with van der Waals surface area (Å²) in [6.45, 7) is 0.278. The molecular weight excluding hydrogens is 284 g/mol. The van der Waals surface area contributed by atoms with E-state index in [9.17, 15) is 10.2 Å². The van der Waals surface area contributed by atoms with Gasteiger partial charge in [0.2, 0.25) is 0 Å². The van der Waals surface area contributed by atoms with Gasteiger partial charge in [0.15, 0.2) is 0 Å². The van der Waals surface area contributed by atoms with Crippen molar-refractivity contribution in [3.8, 4) is 0 Å². The van der Waals surface area contributed by atoms with E-state index in [1.54, 1.807) is 7.11 Å². The second-order valence-electron chi connectivity index (χ2n) is 5.22. The highest BCUT2D eigenvalue weighted by Gasteiger charge is 2.39. The molecule has 0 aromatic carbocycles. The largest absolute Gasteiger partial charge is 0.393 e. The maximum Gasteiger partial charge on any atom is 0.146 e. The predicted octanol–water partition coefficient (Wildman–Crippen LogP) is 1.20. The molecule has 2 aliphatic rings. The van der Waals surface area contributed by atoms with Crippen molar-refractivity contribution in [3.05, 3.63) is 0 Å². The predicted molar refractivity (Wildman–Crippen MR) is 79.6 cm³/mol. The van der Waals surface area contributed by atoms with Gasteiger partial charge in [-0.25, -0.2) is 0 Å². The Morgan fingerprint density at radius 3 is 2.53 bits per heavy atom. The van der Waals surface area contributed by atoms with E-state index in [-0.39, 0.29) is 30.8 Å². The van der Waals surface area contributed by atoms with Crippen molar-refractivity contribution in [1.29, 1.82) is 0 Å². The molecule has 5 atom stereocenters. The molecule has 0 unspecified atom stereocenters. The van der Waals surface area contributed by atoms with Crippen LogP contribution in [0.1, 0.15) is 12.8 Å². The topological polar surface area (TPSA) is 58.9 Å². The standard InChI is InChI=1S/C13H24O4S2/c1-16-8-17-12-3-5-19-7-10(12)13(15)9-6-18-4-2-11(9)14/h9-15H,2-8H2,1H3/t9-,10+,11-,12-,13+/m1/s1. The number of hydrogen-bond donors (Lipinski definition) is 2. The van der Waals surface area contributed by atoms with Crippen LogP contribution < -0.4 is 0 Å². The van der Waals surface area contributed by atoms with Crippen LogP contribution >= 0.6 is 23.5 Å². The Hall–Kier alpha value is 0.540. The monoisotopic (exact) mass is 308 g/mol. The van der Waals surface area contributed by atoms with Gasteiger partial charge in [-0.2, -0.15) is 23.5 Å². The van der Waals surface area contributed by atoms with Crippen molar-refractivity contribution < 1.29 is 19.7 Å². The number of methoxy groups -OCH3 is 1. The third-order valence-electron chi connectivity index (χ3n) is 3.97. The molecule has 19 heavy (non-hydrogen) atoms. The zero-order chi connectivity index (χ0) is 13.7. The first-order chi connectivity index (χ1) is 9.24. The molecule has 0 saturated carbocycles. The molecule has 2 rings (SSSR count). The highest BCUT2D eigenvalue weighted by atomic mass is 32.2. The van der Waals surface area contributed by atoms with Gasteiger partial charge in [-0.05, 0) is 24.3 Å². The first kappa shape index (κ1) is 15.9. The number of aliphatic hydroxyl groups is 2. The molecule has 0 aromatic heterocycles. The molecule has 6 heteroatoms. The van der Waals surface area contributed by atoms with Crippen LogP contribution in [0.25, 0.3) is 0 Å². The van der Waals surface area contributed by atoms with E-state index >= 15 is 0 Å². The Bertz CT molecular complexity index is 267. The summed E-state index contributed by atoms with van der Waals surface area (Å²) in [7, 11) is 1.62. The van der Waals surface area contributed by atoms with Gasteiger partial charge in [0.1, 0.15) is 6.79 Å². The van der Waals surface area contributed by atoms with Gasteiger partial charge < -0.3 is 19.7 Å². The minimum Gasteiger partial charge on any atom is -0.393 e. The zero-order valence-electron chi connectivity index (χ0n) is 11.4. The van der Waals surface area contributed by atoms with E-state index in [1.165, 1.54) is 0 Å². The lowest BCUT2D eigenvalue weighted by molar-refractivity contribution is -0.119. The van der Waals surface area contributed by atoms with E-state index in [0.29, 0.717) is 0 Å². The van der Waals surface area contributed by atoms with Crippen LogP contribution in [0, 0.1) is 11.8 Å². The lowest BCUT2D eigenvalue weighted by Gasteiger charge is -2.40. The summed E-state index contributed by atoms with van der Waals surface area (Å²) < 4.78 is 10.7. The summed E-state index contributed by atoms with van der Waals surface area (Å²) >= 11 is 3.69. The number of hydrogen-bond acceptors (Lipinski definition) is 6. The van der Waals surface area contributed by atoms with Gasteiger partial charge in [-0.1, -0.05) is 0 Å². The number of aliphatic hydroxyl groups excluding tert-OH is 2. The number of thioether (sulfide) groups is 2.